The fraction of sp³-hybridized carbons (Fsp3) is 0.308. The fourth-order valence-corrected chi connectivity index (χ4v) is 2.42. The fourth-order valence-electron chi connectivity index (χ4n) is 1.90. The Hall–Kier alpha value is -1.13. The van der Waals surface area contributed by atoms with E-state index in [0.717, 1.165) is 16.7 Å². The van der Waals surface area contributed by atoms with E-state index in [9.17, 15) is 0 Å². The van der Waals surface area contributed by atoms with Crippen molar-refractivity contribution in [3.8, 4) is 0 Å². The molecule has 0 radical (unpaired) electrons. The molecule has 1 unspecified atom stereocenters. The molecule has 1 aromatic carbocycles. The van der Waals surface area contributed by atoms with Crippen molar-refractivity contribution in [2.45, 2.75) is 19.4 Å². The summed E-state index contributed by atoms with van der Waals surface area (Å²) < 4.78 is 1.13. The average Bonchev–Trinajstić information content (AvgIpc) is 2.82. The Morgan fingerprint density at radius 1 is 1.47 bits per heavy atom. The second-order valence-electron chi connectivity index (χ2n) is 4.11. The van der Waals surface area contributed by atoms with E-state index in [1.807, 2.05) is 13.2 Å². The van der Waals surface area contributed by atoms with Gasteiger partial charge in [0.25, 0.3) is 0 Å². The van der Waals surface area contributed by atoms with E-state index in [4.69, 9.17) is 0 Å². The number of halogens is 1. The second-order valence-corrected chi connectivity index (χ2v) is 4.96. The molecule has 0 aliphatic heterocycles. The van der Waals surface area contributed by atoms with Crippen LogP contribution in [-0.4, -0.2) is 17.0 Å². The molecule has 1 aromatic heterocycles. The maximum atomic E-state index is 4.27. The summed E-state index contributed by atoms with van der Waals surface area (Å²) in [5.41, 5.74) is 2.53. The first kappa shape index (κ1) is 12.3. The van der Waals surface area contributed by atoms with Crippen LogP contribution in [0.2, 0.25) is 0 Å². The standard InChI is InChI=1S/C13H16BrN3/c1-9-3-4-11(14)10(7-9)12(15-2)8-13-16-5-6-17-13/h3-7,12,15H,8H2,1-2H3,(H,16,17). The third-order valence-electron chi connectivity index (χ3n) is 2.83. The van der Waals surface area contributed by atoms with Crippen LogP contribution in [0.4, 0.5) is 0 Å². The number of aromatic nitrogens is 2. The molecule has 0 saturated heterocycles. The molecule has 90 valence electrons. The van der Waals surface area contributed by atoms with Crippen LogP contribution in [0.15, 0.2) is 35.1 Å². The predicted octanol–water partition coefficient (Wildman–Crippen LogP) is 2.98. The summed E-state index contributed by atoms with van der Waals surface area (Å²) in [6.07, 6.45) is 4.49. The van der Waals surface area contributed by atoms with Crippen LogP contribution in [0, 0.1) is 6.92 Å². The first-order chi connectivity index (χ1) is 8.20. The molecule has 2 rings (SSSR count). The van der Waals surface area contributed by atoms with E-state index >= 15 is 0 Å². The van der Waals surface area contributed by atoms with E-state index in [1.54, 1.807) is 6.20 Å². The lowest BCUT2D eigenvalue weighted by molar-refractivity contribution is 0.575. The van der Waals surface area contributed by atoms with Crippen molar-refractivity contribution in [2.24, 2.45) is 0 Å². The lowest BCUT2D eigenvalue weighted by Gasteiger charge is -2.17. The SMILES string of the molecule is CNC(Cc1ncc[nH]1)c1cc(C)ccc1Br. The van der Waals surface area contributed by atoms with Gasteiger partial charge in [-0.2, -0.15) is 0 Å². The number of hydrogen-bond acceptors (Lipinski definition) is 2. The average molecular weight is 294 g/mol. The van der Waals surface area contributed by atoms with E-state index in [1.165, 1.54) is 11.1 Å². The maximum Gasteiger partial charge on any atom is 0.107 e. The number of rotatable bonds is 4. The monoisotopic (exact) mass is 293 g/mol. The molecule has 17 heavy (non-hydrogen) atoms. The topological polar surface area (TPSA) is 40.7 Å². The summed E-state index contributed by atoms with van der Waals surface area (Å²) in [5.74, 6) is 0.998. The Morgan fingerprint density at radius 2 is 2.29 bits per heavy atom. The van der Waals surface area contributed by atoms with Crippen LogP contribution in [0.1, 0.15) is 23.0 Å². The van der Waals surface area contributed by atoms with Crippen LogP contribution in [0.3, 0.4) is 0 Å². The molecule has 0 bridgehead atoms. The number of nitrogens with one attached hydrogen (secondary N) is 2. The molecule has 3 nitrogen and oxygen atoms in total. The van der Waals surface area contributed by atoms with Gasteiger partial charge in [-0.15, -0.1) is 0 Å². The first-order valence-corrected chi connectivity index (χ1v) is 6.41. The molecule has 0 aliphatic rings. The van der Waals surface area contributed by atoms with Crippen LogP contribution in [0.5, 0.6) is 0 Å². The normalized spacial score (nSPS) is 12.6. The zero-order valence-corrected chi connectivity index (χ0v) is 11.6. The summed E-state index contributed by atoms with van der Waals surface area (Å²) in [5, 5.41) is 3.33. The minimum Gasteiger partial charge on any atom is -0.349 e. The number of likely N-dealkylation sites (N-methyl/N-ethyl adjacent to an activating group) is 1. The van der Waals surface area contributed by atoms with Gasteiger partial charge in [0, 0.05) is 29.3 Å². The van der Waals surface area contributed by atoms with E-state index in [-0.39, 0.29) is 6.04 Å². The zero-order valence-electron chi connectivity index (χ0n) is 10.00. The Morgan fingerprint density at radius 3 is 2.94 bits per heavy atom. The van der Waals surface area contributed by atoms with Crippen molar-refractivity contribution in [2.75, 3.05) is 7.05 Å². The molecule has 2 aromatic rings. The molecule has 0 fully saturated rings. The number of hydrogen-bond donors (Lipinski definition) is 2. The van der Waals surface area contributed by atoms with Gasteiger partial charge in [0.05, 0.1) is 0 Å². The van der Waals surface area contributed by atoms with Crippen LogP contribution >= 0.6 is 15.9 Å². The number of imidazole rings is 1. The molecule has 2 N–H and O–H groups in total. The number of H-pyrrole nitrogens is 1. The zero-order chi connectivity index (χ0) is 12.3. The molecular formula is C13H16BrN3. The molecule has 0 spiro atoms. The molecule has 0 saturated carbocycles. The van der Waals surface area contributed by atoms with E-state index in [0.29, 0.717) is 0 Å². The Kier molecular flexibility index (Phi) is 3.97. The van der Waals surface area contributed by atoms with Gasteiger partial charge < -0.3 is 10.3 Å². The van der Waals surface area contributed by atoms with Crippen LogP contribution in [-0.2, 0) is 6.42 Å². The third kappa shape index (κ3) is 2.96. The Bertz CT molecular complexity index is 479. The van der Waals surface area contributed by atoms with Crippen molar-refractivity contribution in [1.82, 2.24) is 15.3 Å². The minimum atomic E-state index is 0.260. The highest BCUT2D eigenvalue weighted by Gasteiger charge is 2.14. The van der Waals surface area contributed by atoms with Gasteiger partial charge in [-0.25, -0.2) is 4.98 Å². The van der Waals surface area contributed by atoms with Gasteiger partial charge >= 0.3 is 0 Å². The van der Waals surface area contributed by atoms with E-state index in [2.05, 4.69) is 56.3 Å². The molecule has 0 aliphatic carbocycles. The summed E-state index contributed by atoms with van der Waals surface area (Å²) in [6, 6.07) is 6.66. The van der Waals surface area contributed by atoms with Crippen molar-refractivity contribution in [3.63, 3.8) is 0 Å². The van der Waals surface area contributed by atoms with Crippen molar-refractivity contribution < 1.29 is 0 Å². The van der Waals surface area contributed by atoms with Gasteiger partial charge in [0.1, 0.15) is 5.82 Å². The number of nitrogens with zero attached hydrogens (tertiary/aromatic N) is 1. The van der Waals surface area contributed by atoms with Crippen molar-refractivity contribution in [1.29, 1.82) is 0 Å². The largest absolute Gasteiger partial charge is 0.349 e. The van der Waals surface area contributed by atoms with Gasteiger partial charge in [-0.1, -0.05) is 33.6 Å². The highest BCUT2D eigenvalue weighted by atomic mass is 79.9. The number of aromatic amines is 1. The quantitative estimate of drug-likeness (QED) is 0.910. The van der Waals surface area contributed by atoms with Gasteiger partial charge in [-0.3, -0.25) is 0 Å². The highest BCUT2D eigenvalue weighted by molar-refractivity contribution is 9.10. The molecule has 0 amide bonds. The predicted molar refractivity (Wildman–Crippen MR) is 73.0 cm³/mol. The number of aryl methyl sites for hydroxylation is 1. The van der Waals surface area contributed by atoms with Crippen molar-refractivity contribution >= 4 is 15.9 Å². The van der Waals surface area contributed by atoms with Crippen LogP contribution < -0.4 is 5.32 Å². The summed E-state index contributed by atoms with van der Waals surface area (Å²) in [7, 11) is 1.97. The summed E-state index contributed by atoms with van der Waals surface area (Å²) in [6.45, 7) is 2.11. The first-order valence-electron chi connectivity index (χ1n) is 5.62. The highest BCUT2D eigenvalue weighted by Crippen LogP contribution is 2.26. The van der Waals surface area contributed by atoms with Gasteiger partial charge in [0.2, 0.25) is 0 Å². The van der Waals surface area contributed by atoms with Gasteiger partial charge in [-0.05, 0) is 25.6 Å². The smallest absolute Gasteiger partial charge is 0.107 e. The Labute approximate surface area is 110 Å². The van der Waals surface area contributed by atoms with Crippen molar-refractivity contribution in [3.05, 3.63) is 52.0 Å². The summed E-state index contributed by atoms with van der Waals surface area (Å²) >= 11 is 3.61. The minimum absolute atomic E-state index is 0.260. The number of benzene rings is 1. The Balaban J connectivity index is 2.25. The second kappa shape index (κ2) is 5.47. The molecule has 4 heteroatoms. The molecule has 1 atom stereocenters. The molecule has 1 heterocycles. The lowest BCUT2D eigenvalue weighted by atomic mass is 10.0. The summed E-state index contributed by atoms with van der Waals surface area (Å²) in [4.78, 5) is 7.41. The van der Waals surface area contributed by atoms with Gasteiger partial charge in [0.15, 0.2) is 0 Å². The van der Waals surface area contributed by atoms with Crippen LogP contribution in [0.25, 0.3) is 0 Å². The third-order valence-corrected chi connectivity index (χ3v) is 3.55. The van der Waals surface area contributed by atoms with E-state index < -0.39 is 0 Å². The lowest BCUT2D eigenvalue weighted by Crippen LogP contribution is -2.20. The molecular weight excluding hydrogens is 278 g/mol. The maximum absolute atomic E-state index is 4.27.